The van der Waals surface area contributed by atoms with E-state index in [1.165, 1.54) is 25.3 Å². The van der Waals surface area contributed by atoms with Gasteiger partial charge in [0.1, 0.15) is 16.5 Å². The third-order valence-corrected chi connectivity index (χ3v) is 4.73. The number of anilines is 1. The van der Waals surface area contributed by atoms with E-state index in [4.69, 9.17) is 4.74 Å². The van der Waals surface area contributed by atoms with Gasteiger partial charge in [-0.25, -0.2) is 12.8 Å². The van der Waals surface area contributed by atoms with Crippen LogP contribution >= 0.6 is 0 Å². The number of benzene rings is 2. The van der Waals surface area contributed by atoms with Crippen molar-refractivity contribution in [2.45, 2.75) is 17.9 Å². The molecule has 0 spiro atoms. The summed E-state index contributed by atoms with van der Waals surface area (Å²) in [6.07, 6.45) is 0.891. The molecule has 0 aliphatic rings. The Hall–Kier alpha value is -2.68. The normalized spacial score (nSPS) is 12.5. The Labute approximate surface area is 144 Å². The van der Waals surface area contributed by atoms with Crippen molar-refractivity contribution in [3.63, 3.8) is 0 Å². The standard InChI is InChI=1S/C16H17FN2O5S/c1-10(16-12(17)5-4-6-14(16)24-2)18-11-7-8-13(19(20)21)15(9-11)25(3,22)23/h4-10,18H,1-3H3. The Balaban J connectivity index is 2.43. The Morgan fingerprint density at radius 2 is 1.96 bits per heavy atom. The zero-order valence-electron chi connectivity index (χ0n) is 13.8. The molecule has 0 bridgehead atoms. The molecule has 0 fully saturated rings. The molecule has 2 aromatic carbocycles. The molecule has 1 N–H and O–H groups in total. The number of nitro benzene ring substituents is 1. The van der Waals surface area contributed by atoms with Crippen LogP contribution < -0.4 is 10.1 Å². The molecule has 0 heterocycles. The van der Waals surface area contributed by atoms with Crippen molar-refractivity contribution in [1.82, 2.24) is 0 Å². The summed E-state index contributed by atoms with van der Waals surface area (Å²) in [5, 5.41) is 14.0. The molecule has 0 saturated heterocycles. The molecule has 0 aromatic heterocycles. The summed E-state index contributed by atoms with van der Waals surface area (Å²) in [5.74, 6) is -0.144. The summed E-state index contributed by atoms with van der Waals surface area (Å²) in [6.45, 7) is 1.67. The Morgan fingerprint density at radius 3 is 2.52 bits per heavy atom. The van der Waals surface area contributed by atoms with Crippen molar-refractivity contribution in [2.75, 3.05) is 18.7 Å². The maximum absolute atomic E-state index is 14.1. The predicted molar refractivity (Wildman–Crippen MR) is 91.2 cm³/mol. The molecule has 2 rings (SSSR count). The molecule has 1 atom stereocenters. The summed E-state index contributed by atoms with van der Waals surface area (Å²) in [5.41, 5.74) is 0.0669. The summed E-state index contributed by atoms with van der Waals surface area (Å²) < 4.78 is 42.9. The van der Waals surface area contributed by atoms with E-state index in [0.717, 1.165) is 18.4 Å². The van der Waals surface area contributed by atoms with E-state index in [1.807, 2.05) is 0 Å². The van der Waals surface area contributed by atoms with Gasteiger partial charge in [0.15, 0.2) is 9.84 Å². The van der Waals surface area contributed by atoms with Gasteiger partial charge in [0.05, 0.1) is 23.6 Å². The second-order valence-electron chi connectivity index (χ2n) is 5.43. The van der Waals surface area contributed by atoms with Crippen molar-refractivity contribution in [3.8, 4) is 5.75 Å². The third kappa shape index (κ3) is 4.05. The van der Waals surface area contributed by atoms with Gasteiger partial charge in [0.25, 0.3) is 5.69 Å². The van der Waals surface area contributed by atoms with E-state index in [9.17, 15) is 22.9 Å². The first-order valence-electron chi connectivity index (χ1n) is 7.22. The highest BCUT2D eigenvalue weighted by Gasteiger charge is 2.23. The third-order valence-electron chi connectivity index (χ3n) is 3.60. The minimum atomic E-state index is -3.80. The van der Waals surface area contributed by atoms with E-state index in [-0.39, 0.29) is 5.56 Å². The molecule has 0 amide bonds. The van der Waals surface area contributed by atoms with E-state index >= 15 is 0 Å². The van der Waals surface area contributed by atoms with Gasteiger partial charge >= 0.3 is 0 Å². The Morgan fingerprint density at radius 1 is 1.28 bits per heavy atom. The average molecular weight is 368 g/mol. The van der Waals surface area contributed by atoms with Crippen molar-refractivity contribution < 1.29 is 22.5 Å². The maximum Gasteiger partial charge on any atom is 0.288 e. The fourth-order valence-electron chi connectivity index (χ4n) is 2.49. The van der Waals surface area contributed by atoms with Gasteiger partial charge in [-0.3, -0.25) is 10.1 Å². The molecule has 1 unspecified atom stereocenters. The molecule has 0 saturated carbocycles. The van der Waals surface area contributed by atoms with Crippen LogP contribution in [-0.4, -0.2) is 26.7 Å². The molecule has 9 heteroatoms. The van der Waals surface area contributed by atoms with Gasteiger partial charge in [0.2, 0.25) is 0 Å². The van der Waals surface area contributed by atoms with Crippen LogP contribution in [0.1, 0.15) is 18.5 Å². The molecule has 2 aromatic rings. The van der Waals surface area contributed by atoms with Crippen LogP contribution in [0.4, 0.5) is 15.8 Å². The fraction of sp³-hybridized carbons (Fsp3) is 0.250. The topological polar surface area (TPSA) is 98.5 Å². The first kappa shape index (κ1) is 18.7. The highest BCUT2D eigenvalue weighted by atomic mass is 32.2. The molecule has 134 valence electrons. The van der Waals surface area contributed by atoms with Gasteiger partial charge in [-0.2, -0.15) is 0 Å². The number of halogens is 1. The number of nitro groups is 1. The first-order valence-corrected chi connectivity index (χ1v) is 9.11. The average Bonchev–Trinajstić information content (AvgIpc) is 2.53. The maximum atomic E-state index is 14.1. The van der Waals surface area contributed by atoms with Crippen molar-refractivity contribution >= 4 is 21.2 Å². The number of hydrogen-bond acceptors (Lipinski definition) is 6. The van der Waals surface area contributed by atoms with E-state index in [0.29, 0.717) is 11.4 Å². The number of methoxy groups -OCH3 is 1. The lowest BCUT2D eigenvalue weighted by Crippen LogP contribution is -2.11. The Bertz CT molecular complexity index is 915. The lowest BCUT2D eigenvalue weighted by Gasteiger charge is -2.19. The summed E-state index contributed by atoms with van der Waals surface area (Å²) in [6, 6.07) is 7.48. The molecule has 7 nitrogen and oxygen atoms in total. The van der Waals surface area contributed by atoms with E-state index in [1.54, 1.807) is 13.0 Å². The monoisotopic (exact) mass is 368 g/mol. The van der Waals surface area contributed by atoms with Crippen LogP contribution in [0.2, 0.25) is 0 Å². The highest BCUT2D eigenvalue weighted by Crippen LogP contribution is 2.32. The van der Waals surface area contributed by atoms with Crippen LogP contribution in [-0.2, 0) is 9.84 Å². The van der Waals surface area contributed by atoms with Crippen LogP contribution in [0.5, 0.6) is 5.75 Å². The molecule has 0 radical (unpaired) electrons. The summed E-state index contributed by atoms with van der Waals surface area (Å²) in [7, 11) is -2.39. The smallest absolute Gasteiger partial charge is 0.288 e. The Kier molecular flexibility index (Phi) is 5.27. The molecule has 0 aliphatic carbocycles. The SMILES string of the molecule is COc1cccc(F)c1C(C)Nc1ccc([N+](=O)[O-])c(S(C)(=O)=O)c1. The summed E-state index contributed by atoms with van der Waals surface area (Å²) >= 11 is 0. The van der Waals surface area contributed by atoms with E-state index in [2.05, 4.69) is 5.32 Å². The van der Waals surface area contributed by atoms with E-state index < -0.39 is 37.2 Å². The largest absolute Gasteiger partial charge is 0.496 e. The number of rotatable bonds is 6. The molecule has 0 aliphatic heterocycles. The number of nitrogens with one attached hydrogen (secondary N) is 1. The van der Waals surface area contributed by atoms with Crippen LogP contribution in [0.3, 0.4) is 0 Å². The predicted octanol–water partition coefficient (Wildman–Crippen LogP) is 3.32. The van der Waals surface area contributed by atoms with Crippen LogP contribution in [0.25, 0.3) is 0 Å². The molecular formula is C16H17FN2O5S. The van der Waals surface area contributed by atoms with Crippen molar-refractivity contribution in [2.24, 2.45) is 0 Å². The second-order valence-corrected chi connectivity index (χ2v) is 7.42. The summed E-state index contributed by atoms with van der Waals surface area (Å²) in [4.78, 5) is 9.84. The second kappa shape index (κ2) is 7.06. The number of hydrogen-bond donors (Lipinski definition) is 1. The van der Waals surface area contributed by atoms with Crippen LogP contribution in [0, 0.1) is 15.9 Å². The quantitative estimate of drug-likeness (QED) is 0.620. The molecular weight excluding hydrogens is 351 g/mol. The highest BCUT2D eigenvalue weighted by molar-refractivity contribution is 7.90. The zero-order chi connectivity index (χ0) is 18.8. The van der Waals surface area contributed by atoms with Crippen LogP contribution in [0.15, 0.2) is 41.3 Å². The number of ether oxygens (including phenoxy) is 1. The van der Waals surface area contributed by atoms with Gasteiger partial charge in [-0.05, 0) is 31.2 Å². The van der Waals surface area contributed by atoms with Gasteiger partial charge in [-0.1, -0.05) is 6.07 Å². The first-order chi connectivity index (χ1) is 11.6. The zero-order valence-corrected chi connectivity index (χ0v) is 14.6. The number of nitrogens with zero attached hydrogens (tertiary/aromatic N) is 1. The van der Waals surface area contributed by atoms with Gasteiger partial charge < -0.3 is 10.1 Å². The van der Waals surface area contributed by atoms with Gasteiger partial charge in [0, 0.05) is 18.0 Å². The fourth-order valence-corrected chi connectivity index (χ4v) is 3.35. The van der Waals surface area contributed by atoms with Crippen molar-refractivity contribution in [3.05, 3.63) is 57.9 Å². The van der Waals surface area contributed by atoms with Crippen molar-refractivity contribution in [1.29, 1.82) is 0 Å². The lowest BCUT2D eigenvalue weighted by molar-refractivity contribution is -0.387. The number of sulfone groups is 1. The minimum absolute atomic E-state index is 0.268. The molecule has 25 heavy (non-hydrogen) atoms. The van der Waals surface area contributed by atoms with Gasteiger partial charge in [-0.15, -0.1) is 0 Å². The minimum Gasteiger partial charge on any atom is -0.496 e. The lowest BCUT2D eigenvalue weighted by atomic mass is 10.1.